The lowest BCUT2D eigenvalue weighted by molar-refractivity contribution is 0.0621. The van der Waals surface area contributed by atoms with Crippen molar-refractivity contribution in [3.8, 4) is 11.3 Å². The molecule has 1 aliphatic carbocycles. The maximum atomic E-state index is 15.0. The molecule has 1 aliphatic heterocycles. The van der Waals surface area contributed by atoms with E-state index in [-0.39, 0.29) is 11.8 Å². The van der Waals surface area contributed by atoms with Crippen LogP contribution in [0.15, 0.2) is 36.7 Å². The van der Waals surface area contributed by atoms with Gasteiger partial charge >= 0.3 is 0 Å². The van der Waals surface area contributed by atoms with Crippen molar-refractivity contribution in [1.82, 2.24) is 24.7 Å². The summed E-state index contributed by atoms with van der Waals surface area (Å²) >= 11 is 6.01. The lowest BCUT2D eigenvalue weighted by Gasteiger charge is -2.28. The number of aryl methyl sites for hydroxylation is 2. The second-order valence-electron chi connectivity index (χ2n) is 9.47. The number of nitrogens with zero attached hydrogens (tertiary/aromatic N) is 5. The standard InChI is InChI=1S/C26H25ClFN5O/c1-14-7-22-24(21-6-3-19(27)9-23(21)28)31-25(32-26(22)30-15(14)2)17-8-16(12-34-13-17)18-10-29-33(11-18)20-4-5-20/h3,6-7,9-11,16-17,20H,4-5,8,12-13H2,1-2H3/t16-,17+/m0/s1. The van der Waals surface area contributed by atoms with Crippen LogP contribution in [0.1, 0.15) is 59.8 Å². The molecule has 6 rings (SSSR count). The van der Waals surface area contributed by atoms with E-state index in [2.05, 4.69) is 16.0 Å². The molecule has 34 heavy (non-hydrogen) atoms. The number of hydrogen-bond acceptors (Lipinski definition) is 5. The summed E-state index contributed by atoms with van der Waals surface area (Å²) in [6.07, 6.45) is 7.35. The number of pyridine rings is 1. The van der Waals surface area contributed by atoms with Crippen molar-refractivity contribution in [2.24, 2.45) is 0 Å². The second kappa shape index (κ2) is 8.40. The van der Waals surface area contributed by atoms with Crippen molar-refractivity contribution >= 4 is 22.6 Å². The molecule has 2 aliphatic rings. The Kier molecular flexibility index (Phi) is 5.34. The average Bonchev–Trinajstić information content (AvgIpc) is 3.56. The quantitative estimate of drug-likeness (QED) is 0.365. The van der Waals surface area contributed by atoms with Gasteiger partial charge in [-0.05, 0) is 68.5 Å². The van der Waals surface area contributed by atoms with E-state index in [4.69, 9.17) is 31.3 Å². The molecule has 1 saturated heterocycles. The Balaban J connectivity index is 1.41. The summed E-state index contributed by atoms with van der Waals surface area (Å²) in [6, 6.07) is 7.20. The monoisotopic (exact) mass is 477 g/mol. The summed E-state index contributed by atoms with van der Waals surface area (Å²) in [5.74, 6) is 0.410. The van der Waals surface area contributed by atoms with Gasteiger partial charge in [-0.3, -0.25) is 4.68 Å². The number of rotatable bonds is 4. The first-order valence-electron chi connectivity index (χ1n) is 11.7. The van der Waals surface area contributed by atoms with Crippen LogP contribution in [0.25, 0.3) is 22.3 Å². The summed E-state index contributed by atoms with van der Waals surface area (Å²) in [4.78, 5) is 14.4. The third-order valence-electron chi connectivity index (χ3n) is 6.92. The van der Waals surface area contributed by atoms with Crippen molar-refractivity contribution < 1.29 is 9.13 Å². The molecule has 0 amide bonds. The van der Waals surface area contributed by atoms with Crippen molar-refractivity contribution in [2.75, 3.05) is 13.2 Å². The number of halogens is 2. The summed E-state index contributed by atoms with van der Waals surface area (Å²) in [7, 11) is 0. The predicted molar refractivity (Wildman–Crippen MR) is 129 cm³/mol. The highest BCUT2D eigenvalue weighted by molar-refractivity contribution is 6.30. The van der Waals surface area contributed by atoms with Gasteiger partial charge in [-0.1, -0.05) is 11.6 Å². The van der Waals surface area contributed by atoms with Gasteiger partial charge in [0.2, 0.25) is 0 Å². The molecule has 1 aromatic carbocycles. The number of fused-ring (bicyclic) bond motifs is 1. The molecular formula is C26H25ClFN5O. The summed E-state index contributed by atoms with van der Waals surface area (Å²) in [6.45, 7) is 5.11. The molecule has 2 atom stereocenters. The molecule has 6 nitrogen and oxygen atoms in total. The summed E-state index contributed by atoms with van der Waals surface area (Å²) in [5.41, 5.74) is 4.58. The zero-order valence-corrected chi connectivity index (χ0v) is 19.9. The fourth-order valence-electron chi connectivity index (χ4n) is 4.68. The molecule has 4 aromatic rings. The molecule has 0 radical (unpaired) electrons. The Morgan fingerprint density at radius 3 is 2.68 bits per heavy atom. The van der Waals surface area contributed by atoms with Gasteiger partial charge < -0.3 is 4.74 Å². The van der Waals surface area contributed by atoms with Gasteiger partial charge in [0.25, 0.3) is 0 Å². The van der Waals surface area contributed by atoms with Crippen LogP contribution in [0.5, 0.6) is 0 Å². The van der Waals surface area contributed by atoms with Gasteiger partial charge in [0.1, 0.15) is 11.6 Å². The first-order chi connectivity index (χ1) is 16.5. The molecular weight excluding hydrogens is 453 g/mol. The van der Waals surface area contributed by atoms with Crippen LogP contribution in [-0.4, -0.2) is 37.9 Å². The van der Waals surface area contributed by atoms with Gasteiger partial charge in [-0.2, -0.15) is 5.10 Å². The topological polar surface area (TPSA) is 65.7 Å². The number of benzene rings is 1. The minimum Gasteiger partial charge on any atom is -0.380 e. The normalized spacial score (nSPS) is 20.7. The van der Waals surface area contributed by atoms with Gasteiger partial charge in [-0.25, -0.2) is 19.3 Å². The highest BCUT2D eigenvalue weighted by Gasteiger charge is 2.31. The first kappa shape index (κ1) is 21.6. The molecule has 0 spiro atoms. The van der Waals surface area contributed by atoms with Crippen LogP contribution in [0, 0.1) is 19.7 Å². The van der Waals surface area contributed by atoms with Crippen LogP contribution < -0.4 is 0 Å². The van der Waals surface area contributed by atoms with Gasteiger partial charge in [0.05, 0.1) is 31.1 Å². The predicted octanol–water partition coefficient (Wildman–Crippen LogP) is 5.92. The minimum atomic E-state index is -0.415. The Morgan fingerprint density at radius 1 is 1.06 bits per heavy atom. The van der Waals surface area contributed by atoms with E-state index in [0.717, 1.165) is 23.1 Å². The van der Waals surface area contributed by atoms with Gasteiger partial charge in [0, 0.05) is 39.7 Å². The highest BCUT2D eigenvalue weighted by atomic mass is 35.5. The van der Waals surface area contributed by atoms with E-state index in [9.17, 15) is 4.39 Å². The minimum absolute atomic E-state index is 0.0232. The molecule has 174 valence electrons. The Labute approximate surface area is 202 Å². The third-order valence-corrected chi connectivity index (χ3v) is 7.16. The fourth-order valence-corrected chi connectivity index (χ4v) is 4.84. The zero-order chi connectivity index (χ0) is 23.4. The second-order valence-corrected chi connectivity index (χ2v) is 9.90. The summed E-state index contributed by atoms with van der Waals surface area (Å²) < 4.78 is 23.0. The molecule has 0 N–H and O–H groups in total. The maximum absolute atomic E-state index is 15.0. The van der Waals surface area contributed by atoms with Crippen LogP contribution in [-0.2, 0) is 4.74 Å². The third kappa shape index (κ3) is 3.97. The lowest BCUT2D eigenvalue weighted by atomic mass is 9.88. The SMILES string of the molecule is Cc1cc2c(-c3ccc(Cl)cc3F)nc([C@H]3COC[C@@H](c4cnn(C5CC5)c4)C3)nc2nc1C. The van der Waals surface area contributed by atoms with E-state index < -0.39 is 5.82 Å². The van der Waals surface area contributed by atoms with E-state index >= 15 is 0 Å². The fraction of sp³-hybridized carbons (Fsp3) is 0.385. The van der Waals surface area contributed by atoms with Crippen LogP contribution in [0.3, 0.4) is 0 Å². The van der Waals surface area contributed by atoms with Gasteiger partial charge in [-0.15, -0.1) is 0 Å². The maximum Gasteiger partial charge on any atom is 0.163 e. The largest absolute Gasteiger partial charge is 0.380 e. The van der Waals surface area contributed by atoms with Gasteiger partial charge in [0.15, 0.2) is 5.65 Å². The molecule has 1 saturated carbocycles. The van der Waals surface area contributed by atoms with Crippen molar-refractivity contribution in [3.63, 3.8) is 0 Å². The molecule has 3 aromatic heterocycles. The van der Waals surface area contributed by atoms with E-state index in [1.807, 2.05) is 26.1 Å². The summed E-state index contributed by atoms with van der Waals surface area (Å²) in [5, 5.41) is 5.62. The number of aromatic nitrogens is 5. The Bertz CT molecular complexity index is 1400. The van der Waals surface area contributed by atoms with Crippen molar-refractivity contribution in [2.45, 2.75) is 51.0 Å². The van der Waals surface area contributed by atoms with E-state index in [1.54, 1.807) is 12.1 Å². The number of ether oxygens (including phenoxy) is 1. The van der Waals surface area contributed by atoms with E-state index in [0.29, 0.717) is 47.0 Å². The van der Waals surface area contributed by atoms with Crippen LogP contribution in [0.4, 0.5) is 4.39 Å². The van der Waals surface area contributed by atoms with E-state index in [1.165, 1.54) is 24.5 Å². The van der Waals surface area contributed by atoms with Crippen molar-refractivity contribution in [3.05, 3.63) is 70.1 Å². The smallest absolute Gasteiger partial charge is 0.163 e. The zero-order valence-electron chi connectivity index (χ0n) is 19.1. The molecule has 0 unspecified atom stereocenters. The lowest BCUT2D eigenvalue weighted by Crippen LogP contribution is -2.24. The van der Waals surface area contributed by atoms with Crippen LogP contribution >= 0.6 is 11.6 Å². The first-order valence-corrected chi connectivity index (χ1v) is 12.1. The Morgan fingerprint density at radius 2 is 1.88 bits per heavy atom. The van der Waals surface area contributed by atoms with Crippen molar-refractivity contribution in [1.29, 1.82) is 0 Å². The highest BCUT2D eigenvalue weighted by Crippen LogP contribution is 2.38. The van der Waals surface area contributed by atoms with Crippen LogP contribution in [0.2, 0.25) is 5.02 Å². The average molecular weight is 478 g/mol. The molecule has 2 fully saturated rings. The molecule has 0 bridgehead atoms. The number of hydrogen-bond donors (Lipinski definition) is 0. The molecule has 8 heteroatoms. The molecule has 4 heterocycles. The Hall–Kier alpha value is -2.90.